The number of hydrogen-bond acceptors (Lipinski definition) is 4. The zero-order chi connectivity index (χ0) is 18.8. The second-order valence-corrected chi connectivity index (χ2v) is 7.45. The Labute approximate surface area is 166 Å². The molecule has 2 aliphatic rings. The van der Waals surface area contributed by atoms with Crippen LogP contribution in [0.3, 0.4) is 0 Å². The molecule has 138 valence electrons. The largest absolute Gasteiger partial charge is 0.311 e. The van der Waals surface area contributed by atoms with Crippen LogP contribution < -0.4 is 10.7 Å². The third kappa shape index (κ3) is 3.88. The van der Waals surface area contributed by atoms with E-state index in [9.17, 15) is 4.39 Å². The Morgan fingerprint density at radius 3 is 2.63 bits per heavy atom. The first-order valence-electron chi connectivity index (χ1n) is 8.86. The van der Waals surface area contributed by atoms with Gasteiger partial charge in [0.15, 0.2) is 5.84 Å². The number of nitrogens with zero attached hydrogens (tertiary/aromatic N) is 2. The van der Waals surface area contributed by atoms with Gasteiger partial charge in [0.05, 0.1) is 11.4 Å². The first-order valence-corrected chi connectivity index (χ1v) is 9.66. The molecule has 0 amide bonds. The van der Waals surface area contributed by atoms with Crippen LogP contribution in [0.2, 0.25) is 0 Å². The summed E-state index contributed by atoms with van der Waals surface area (Å²) < 4.78 is 14.4. The molecule has 2 heterocycles. The fraction of sp³-hybridized carbons (Fsp3) is 0.190. The second-order valence-electron chi connectivity index (χ2n) is 6.54. The van der Waals surface area contributed by atoms with Crippen LogP contribution in [-0.2, 0) is 6.54 Å². The molecule has 0 fully saturated rings. The minimum absolute atomic E-state index is 0.261. The number of hydrogen-bond donors (Lipinski definition) is 2. The quantitative estimate of drug-likeness (QED) is 0.772. The molecule has 0 spiro atoms. The van der Waals surface area contributed by atoms with Gasteiger partial charge in [-0.15, -0.1) is 0 Å². The zero-order valence-corrected chi connectivity index (χ0v) is 16.4. The number of rotatable bonds is 4. The van der Waals surface area contributed by atoms with Crippen molar-refractivity contribution in [3.8, 4) is 0 Å². The first kappa shape index (κ1) is 18.1. The Balaban J connectivity index is 1.65. The number of hydrazine groups is 1. The van der Waals surface area contributed by atoms with Gasteiger partial charge < -0.3 is 5.32 Å². The van der Waals surface area contributed by atoms with Gasteiger partial charge >= 0.3 is 0 Å². The van der Waals surface area contributed by atoms with E-state index in [1.54, 1.807) is 12.1 Å². The molecule has 2 aromatic carbocycles. The lowest BCUT2D eigenvalue weighted by Crippen LogP contribution is -2.46. The summed E-state index contributed by atoms with van der Waals surface area (Å²) in [5.41, 5.74) is 8.51. The van der Waals surface area contributed by atoms with Crippen LogP contribution in [-0.4, -0.2) is 23.9 Å². The van der Waals surface area contributed by atoms with Gasteiger partial charge in [0.1, 0.15) is 5.82 Å². The number of nitrogens with one attached hydrogen (secondary N) is 2. The van der Waals surface area contributed by atoms with Crippen LogP contribution in [0.5, 0.6) is 0 Å². The molecule has 0 aromatic heterocycles. The lowest BCUT2D eigenvalue weighted by atomic mass is 10.0. The number of aliphatic imine (C=N–C) groups is 1. The van der Waals surface area contributed by atoms with E-state index >= 15 is 0 Å². The van der Waals surface area contributed by atoms with Crippen molar-refractivity contribution in [3.63, 3.8) is 0 Å². The standard InChI is InChI=1S/C21H20BrFN4/c1-14-19-10-11-24-13-20(19)26-21(16-4-8-18(23)9-5-16)27(14)25-12-15-2-6-17(22)7-3-15/h2-9,24-25H,1,10-13H2. The Kier molecular flexibility index (Phi) is 5.20. The van der Waals surface area contributed by atoms with E-state index in [2.05, 4.69) is 45.4 Å². The van der Waals surface area contributed by atoms with E-state index in [0.717, 1.165) is 52.3 Å². The molecule has 0 saturated heterocycles. The van der Waals surface area contributed by atoms with E-state index in [-0.39, 0.29) is 5.82 Å². The van der Waals surface area contributed by atoms with Gasteiger partial charge in [0.2, 0.25) is 0 Å². The molecular weight excluding hydrogens is 407 g/mol. The summed E-state index contributed by atoms with van der Waals surface area (Å²) >= 11 is 3.46. The van der Waals surface area contributed by atoms with Crippen LogP contribution in [0, 0.1) is 5.82 Å². The highest BCUT2D eigenvalue weighted by molar-refractivity contribution is 9.10. The van der Waals surface area contributed by atoms with E-state index < -0.39 is 0 Å². The molecule has 4 rings (SSSR count). The normalized spacial score (nSPS) is 17.0. The summed E-state index contributed by atoms with van der Waals surface area (Å²) in [5.74, 6) is 0.474. The highest BCUT2D eigenvalue weighted by atomic mass is 79.9. The molecule has 6 heteroatoms. The van der Waals surface area contributed by atoms with Gasteiger partial charge in [-0.3, -0.25) is 5.01 Å². The van der Waals surface area contributed by atoms with Gasteiger partial charge in [-0.1, -0.05) is 34.6 Å². The van der Waals surface area contributed by atoms with E-state index in [4.69, 9.17) is 4.99 Å². The van der Waals surface area contributed by atoms with Gasteiger partial charge in [0, 0.05) is 28.7 Å². The van der Waals surface area contributed by atoms with Gasteiger partial charge in [0.25, 0.3) is 0 Å². The molecule has 0 radical (unpaired) electrons. The monoisotopic (exact) mass is 426 g/mol. The fourth-order valence-electron chi connectivity index (χ4n) is 3.27. The molecule has 0 aliphatic carbocycles. The first-order chi connectivity index (χ1) is 13.1. The molecule has 27 heavy (non-hydrogen) atoms. The van der Waals surface area contributed by atoms with Crippen LogP contribution in [0.1, 0.15) is 17.5 Å². The Morgan fingerprint density at radius 1 is 1.15 bits per heavy atom. The summed E-state index contributed by atoms with van der Waals surface area (Å²) in [5, 5.41) is 5.28. The Hall–Kier alpha value is -2.28. The van der Waals surface area contributed by atoms with Crippen LogP contribution in [0.25, 0.3) is 0 Å². The molecule has 0 unspecified atom stereocenters. The highest BCUT2D eigenvalue weighted by Crippen LogP contribution is 2.29. The van der Waals surface area contributed by atoms with Crippen LogP contribution in [0.4, 0.5) is 4.39 Å². The highest BCUT2D eigenvalue weighted by Gasteiger charge is 2.28. The molecule has 2 aromatic rings. The van der Waals surface area contributed by atoms with Gasteiger partial charge in [-0.25, -0.2) is 14.8 Å². The minimum atomic E-state index is -0.261. The van der Waals surface area contributed by atoms with E-state index in [1.165, 1.54) is 17.7 Å². The predicted molar refractivity (Wildman–Crippen MR) is 109 cm³/mol. The molecule has 2 aliphatic heterocycles. The Morgan fingerprint density at radius 2 is 1.89 bits per heavy atom. The van der Waals surface area contributed by atoms with Crippen molar-refractivity contribution in [2.75, 3.05) is 13.1 Å². The molecule has 0 atom stereocenters. The number of benzene rings is 2. The molecule has 2 N–H and O–H groups in total. The second kappa shape index (κ2) is 7.76. The molecular formula is C21H20BrFN4. The number of halogens is 2. The predicted octanol–water partition coefficient (Wildman–Crippen LogP) is 4.12. The summed E-state index contributed by atoms with van der Waals surface area (Å²) in [6, 6.07) is 14.6. The lowest BCUT2D eigenvalue weighted by Gasteiger charge is -2.36. The molecule has 0 bridgehead atoms. The van der Waals surface area contributed by atoms with Crippen molar-refractivity contribution in [2.24, 2.45) is 4.99 Å². The summed E-state index contributed by atoms with van der Waals surface area (Å²) in [6.07, 6.45) is 0.894. The van der Waals surface area contributed by atoms with Crippen molar-refractivity contribution in [2.45, 2.75) is 13.0 Å². The summed E-state index contributed by atoms with van der Waals surface area (Å²) in [6.45, 7) is 6.59. The average molecular weight is 427 g/mol. The maximum Gasteiger partial charge on any atom is 0.155 e. The topological polar surface area (TPSA) is 39.7 Å². The molecule has 0 saturated carbocycles. The maximum atomic E-state index is 13.4. The summed E-state index contributed by atoms with van der Waals surface area (Å²) in [4.78, 5) is 4.87. The van der Waals surface area contributed by atoms with E-state index in [0.29, 0.717) is 6.54 Å². The zero-order valence-electron chi connectivity index (χ0n) is 14.8. The van der Waals surface area contributed by atoms with Crippen LogP contribution in [0.15, 0.2) is 81.5 Å². The van der Waals surface area contributed by atoms with Crippen molar-refractivity contribution in [3.05, 3.63) is 93.5 Å². The average Bonchev–Trinajstić information content (AvgIpc) is 2.69. The van der Waals surface area contributed by atoms with E-state index in [1.807, 2.05) is 17.1 Å². The number of amidine groups is 1. The minimum Gasteiger partial charge on any atom is -0.311 e. The van der Waals surface area contributed by atoms with Crippen molar-refractivity contribution in [1.82, 2.24) is 15.8 Å². The third-order valence-corrected chi connectivity index (χ3v) is 5.25. The SMILES string of the molecule is C=C1C2=C(CNCC2)N=C(c2ccc(F)cc2)N1NCc1ccc(Br)cc1. The van der Waals surface area contributed by atoms with Crippen molar-refractivity contribution < 1.29 is 4.39 Å². The maximum absolute atomic E-state index is 13.4. The summed E-state index contributed by atoms with van der Waals surface area (Å²) in [7, 11) is 0. The van der Waals surface area contributed by atoms with Gasteiger partial charge in [-0.05, 0) is 54.9 Å². The van der Waals surface area contributed by atoms with Crippen molar-refractivity contribution >= 4 is 21.8 Å². The van der Waals surface area contributed by atoms with Gasteiger partial charge in [-0.2, -0.15) is 0 Å². The van der Waals surface area contributed by atoms with Crippen molar-refractivity contribution in [1.29, 1.82) is 0 Å². The lowest BCUT2D eigenvalue weighted by molar-refractivity contribution is 0.367. The Bertz CT molecular complexity index is 916. The smallest absolute Gasteiger partial charge is 0.155 e. The molecule has 4 nitrogen and oxygen atoms in total. The third-order valence-electron chi connectivity index (χ3n) is 4.72. The van der Waals surface area contributed by atoms with Crippen LogP contribution >= 0.6 is 15.9 Å². The number of allylic oxidation sites excluding steroid dienone is 1. The fourth-order valence-corrected chi connectivity index (χ4v) is 3.53.